The zero-order valence-corrected chi connectivity index (χ0v) is 11.1. The predicted molar refractivity (Wildman–Crippen MR) is 68.6 cm³/mol. The quantitative estimate of drug-likeness (QED) is 0.759. The van der Waals surface area contributed by atoms with Crippen LogP contribution in [0.1, 0.15) is 33.6 Å². The van der Waals surface area contributed by atoms with Crippen molar-refractivity contribution < 1.29 is 4.74 Å². The molecule has 0 aromatic carbocycles. The van der Waals surface area contributed by atoms with Crippen molar-refractivity contribution in [3.05, 3.63) is 0 Å². The van der Waals surface area contributed by atoms with Gasteiger partial charge in [-0.1, -0.05) is 13.8 Å². The van der Waals surface area contributed by atoms with E-state index >= 15 is 0 Å². The lowest BCUT2D eigenvalue weighted by Gasteiger charge is -2.30. The Labute approximate surface area is 98.5 Å². The predicted octanol–water partition coefficient (Wildman–Crippen LogP) is 2.53. The second kappa shape index (κ2) is 7.53. The Morgan fingerprint density at radius 2 is 2.27 bits per heavy atom. The van der Waals surface area contributed by atoms with Gasteiger partial charge in [-0.2, -0.15) is 11.8 Å². The normalized spacial score (nSPS) is 24.4. The Morgan fingerprint density at radius 3 is 2.80 bits per heavy atom. The third kappa shape index (κ3) is 5.23. The molecule has 1 N–H and O–H groups in total. The van der Waals surface area contributed by atoms with Gasteiger partial charge in [0.05, 0.1) is 6.61 Å². The largest absolute Gasteiger partial charge is 0.380 e. The smallest absolute Gasteiger partial charge is 0.0622 e. The van der Waals surface area contributed by atoms with Gasteiger partial charge >= 0.3 is 0 Å². The van der Waals surface area contributed by atoms with E-state index in [4.69, 9.17) is 4.74 Å². The lowest BCUT2D eigenvalue weighted by Crippen LogP contribution is -2.46. The van der Waals surface area contributed by atoms with Crippen molar-refractivity contribution >= 4 is 11.8 Å². The van der Waals surface area contributed by atoms with E-state index in [0.29, 0.717) is 18.0 Å². The minimum Gasteiger partial charge on any atom is -0.380 e. The molecular weight excluding hydrogens is 206 g/mol. The molecular formula is C12H25NOS. The number of hydrogen-bond acceptors (Lipinski definition) is 3. The Hall–Kier alpha value is 0.270. The van der Waals surface area contributed by atoms with Gasteiger partial charge in [0.25, 0.3) is 0 Å². The van der Waals surface area contributed by atoms with Crippen LogP contribution in [-0.4, -0.2) is 36.8 Å². The van der Waals surface area contributed by atoms with Gasteiger partial charge < -0.3 is 10.1 Å². The van der Waals surface area contributed by atoms with E-state index in [2.05, 4.69) is 37.8 Å². The molecule has 2 nitrogen and oxygen atoms in total. The van der Waals surface area contributed by atoms with Crippen molar-refractivity contribution in [2.24, 2.45) is 5.92 Å². The fourth-order valence-electron chi connectivity index (χ4n) is 1.85. The molecule has 1 aliphatic rings. The summed E-state index contributed by atoms with van der Waals surface area (Å²) in [6, 6.07) is 1.23. The van der Waals surface area contributed by atoms with Crippen LogP contribution >= 0.6 is 11.8 Å². The summed E-state index contributed by atoms with van der Waals surface area (Å²) >= 11 is 2.08. The van der Waals surface area contributed by atoms with E-state index in [1.165, 1.54) is 24.3 Å². The second-order valence-electron chi connectivity index (χ2n) is 4.59. The van der Waals surface area contributed by atoms with E-state index in [9.17, 15) is 0 Å². The fourth-order valence-corrected chi connectivity index (χ4v) is 2.94. The van der Waals surface area contributed by atoms with E-state index in [-0.39, 0.29) is 0 Å². The van der Waals surface area contributed by atoms with E-state index in [0.717, 1.165) is 13.2 Å². The first-order chi connectivity index (χ1) is 7.24. The van der Waals surface area contributed by atoms with Gasteiger partial charge in [0.1, 0.15) is 0 Å². The van der Waals surface area contributed by atoms with Gasteiger partial charge in [0, 0.05) is 24.4 Å². The maximum Gasteiger partial charge on any atom is 0.0622 e. The van der Waals surface area contributed by atoms with Gasteiger partial charge in [-0.05, 0) is 31.4 Å². The molecule has 1 fully saturated rings. The Bertz CT molecular complexity index is 158. The molecule has 1 heterocycles. The van der Waals surface area contributed by atoms with Crippen molar-refractivity contribution in [1.82, 2.24) is 5.32 Å². The lowest BCUT2D eigenvalue weighted by molar-refractivity contribution is 0.104. The van der Waals surface area contributed by atoms with Crippen LogP contribution in [0.4, 0.5) is 0 Å². The monoisotopic (exact) mass is 231 g/mol. The zero-order valence-electron chi connectivity index (χ0n) is 10.3. The minimum absolute atomic E-state index is 0.522. The van der Waals surface area contributed by atoms with Crippen LogP contribution < -0.4 is 5.32 Å². The van der Waals surface area contributed by atoms with Crippen LogP contribution in [0.2, 0.25) is 0 Å². The van der Waals surface area contributed by atoms with E-state index < -0.39 is 0 Å². The summed E-state index contributed by atoms with van der Waals surface area (Å²) in [6.07, 6.45) is 2.70. The topological polar surface area (TPSA) is 21.3 Å². The number of hydrogen-bond donors (Lipinski definition) is 1. The van der Waals surface area contributed by atoms with Crippen LogP contribution in [0.3, 0.4) is 0 Å². The maximum absolute atomic E-state index is 5.53. The van der Waals surface area contributed by atoms with Crippen molar-refractivity contribution in [2.45, 2.75) is 45.7 Å². The van der Waals surface area contributed by atoms with Crippen LogP contribution in [0, 0.1) is 5.92 Å². The average Bonchev–Trinajstić information content (AvgIpc) is 2.25. The number of thioether (sulfide) groups is 1. The van der Waals surface area contributed by atoms with Gasteiger partial charge in [0.15, 0.2) is 0 Å². The highest BCUT2D eigenvalue weighted by atomic mass is 32.2. The zero-order chi connectivity index (χ0) is 11.1. The van der Waals surface area contributed by atoms with Gasteiger partial charge in [-0.3, -0.25) is 0 Å². The maximum atomic E-state index is 5.53. The molecule has 0 spiro atoms. The molecule has 1 saturated heterocycles. The van der Waals surface area contributed by atoms with Crippen LogP contribution in [-0.2, 0) is 4.74 Å². The molecule has 0 saturated carbocycles. The highest BCUT2D eigenvalue weighted by molar-refractivity contribution is 7.99. The standard InChI is InChI=1S/C12H25NOS/c1-4-14-8-12(10(2)3)13-11-6-5-7-15-9-11/h10-13H,4-9H2,1-3H3. The molecule has 1 aliphatic heterocycles. The highest BCUT2D eigenvalue weighted by Gasteiger charge is 2.20. The molecule has 0 bridgehead atoms. The third-order valence-corrected chi connectivity index (χ3v) is 4.13. The number of nitrogens with one attached hydrogen (secondary N) is 1. The SMILES string of the molecule is CCOCC(NC1CCCSC1)C(C)C. The van der Waals surface area contributed by atoms with Crippen LogP contribution in [0.15, 0.2) is 0 Å². The van der Waals surface area contributed by atoms with Gasteiger partial charge in [-0.15, -0.1) is 0 Å². The summed E-state index contributed by atoms with van der Waals surface area (Å²) in [5, 5.41) is 3.74. The molecule has 1 rings (SSSR count). The van der Waals surface area contributed by atoms with Crippen molar-refractivity contribution in [3.8, 4) is 0 Å². The van der Waals surface area contributed by atoms with E-state index in [1.54, 1.807) is 0 Å². The number of ether oxygens (including phenoxy) is 1. The second-order valence-corrected chi connectivity index (χ2v) is 5.74. The summed E-state index contributed by atoms with van der Waals surface area (Å²) in [5.41, 5.74) is 0. The Balaban J connectivity index is 2.28. The average molecular weight is 231 g/mol. The van der Waals surface area contributed by atoms with Crippen molar-refractivity contribution in [2.75, 3.05) is 24.7 Å². The fraction of sp³-hybridized carbons (Fsp3) is 1.00. The molecule has 0 aliphatic carbocycles. The third-order valence-electron chi connectivity index (χ3n) is 2.92. The first kappa shape index (κ1) is 13.3. The molecule has 3 heteroatoms. The summed E-state index contributed by atoms with van der Waals surface area (Å²) < 4.78 is 5.53. The molecule has 2 unspecified atom stereocenters. The molecule has 90 valence electrons. The van der Waals surface area contributed by atoms with E-state index in [1.807, 2.05) is 0 Å². The number of rotatable bonds is 6. The molecule has 0 radical (unpaired) electrons. The van der Waals surface area contributed by atoms with Crippen LogP contribution in [0.5, 0.6) is 0 Å². The molecule has 0 aromatic rings. The summed E-state index contributed by atoms with van der Waals surface area (Å²) in [5.74, 6) is 3.27. The Morgan fingerprint density at radius 1 is 1.47 bits per heavy atom. The summed E-state index contributed by atoms with van der Waals surface area (Å²) in [7, 11) is 0. The van der Waals surface area contributed by atoms with Gasteiger partial charge in [0.2, 0.25) is 0 Å². The highest BCUT2D eigenvalue weighted by Crippen LogP contribution is 2.18. The lowest BCUT2D eigenvalue weighted by atomic mass is 10.0. The first-order valence-corrected chi connectivity index (χ1v) is 7.31. The Kier molecular flexibility index (Phi) is 6.69. The van der Waals surface area contributed by atoms with Crippen molar-refractivity contribution in [3.63, 3.8) is 0 Å². The van der Waals surface area contributed by atoms with Crippen molar-refractivity contribution in [1.29, 1.82) is 0 Å². The molecule has 2 atom stereocenters. The summed E-state index contributed by atoms with van der Waals surface area (Å²) in [4.78, 5) is 0. The molecule has 0 amide bonds. The van der Waals surface area contributed by atoms with Gasteiger partial charge in [-0.25, -0.2) is 0 Å². The molecule has 0 aromatic heterocycles. The minimum atomic E-state index is 0.522. The van der Waals surface area contributed by atoms with Crippen LogP contribution in [0.25, 0.3) is 0 Å². The molecule has 15 heavy (non-hydrogen) atoms. The summed E-state index contributed by atoms with van der Waals surface area (Å²) in [6.45, 7) is 8.28. The first-order valence-electron chi connectivity index (χ1n) is 6.15.